The molecule has 2 aromatic carbocycles. The Balaban J connectivity index is 2.46. The number of rotatable bonds is 4. The lowest BCUT2D eigenvalue weighted by atomic mass is 9.84. The van der Waals surface area contributed by atoms with Gasteiger partial charge in [-0.05, 0) is 29.0 Å². The highest BCUT2D eigenvalue weighted by Gasteiger charge is 2.17. The van der Waals surface area contributed by atoms with Crippen molar-refractivity contribution in [2.24, 2.45) is 0 Å². The standard InChI is InChI=1S/C21H24O2/c1-15(20(22)23)14-19(16-8-6-5-7-9-16)17-10-12-18(13-11-17)21(2,3)4/h5-14,19H,1-4H3,(H,22,23)/b15-14+. The number of hydrogen-bond acceptors (Lipinski definition) is 1. The predicted molar refractivity (Wildman–Crippen MR) is 94.8 cm³/mol. The van der Waals surface area contributed by atoms with Crippen LogP contribution in [0.15, 0.2) is 66.2 Å². The van der Waals surface area contributed by atoms with Crippen molar-refractivity contribution in [3.05, 3.63) is 82.9 Å². The van der Waals surface area contributed by atoms with E-state index in [-0.39, 0.29) is 11.3 Å². The van der Waals surface area contributed by atoms with Crippen LogP contribution in [0.4, 0.5) is 0 Å². The Hall–Kier alpha value is -2.35. The monoisotopic (exact) mass is 308 g/mol. The lowest BCUT2D eigenvalue weighted by Crippen LogP contribution is -2.11. The van der Waals surface area contributed by atoms with Crippen LogP contribution in [0.2, 0.25) is 0 Å². The smallest absolute Gasteiger partial charge is 0.330 e. The van der Waals surface area contributed by atoms with E-state index in [1.165, 1.54) is 5.56 Å². The molecule has 1 N–H and O–H groups in total. The van der Waals surface area contributed by atoms with Gasteiger partial charge in [-0.3, -0.25) is 0 Å². The fraction of sp³-hybridized carbons (Fsp3) is 0.286. The first kappa shape index (κ1) is 17.0. The average Bonchev–Trinajstić information content (AvgIpc) is 2.52. The van der Waals surface area contributed by atoms with E-state index in [2.05, 4.69) is 45.0 Å². The van der Waals surface area contributed by atoms with E-state index in [4.69, 9.17) is 0 Å². The summed E-state index contributed by atoms with van der Waals surface area (Å²) in [4.78, 5) is 11.2. The molecule has 0 fully saturated rings. The minimum Gasteiger partial charge on any atom is -0.478 e. The highest BCUT2D eigenvalue weighted by atomic mass is 16.4. The lowest BCUT2D eigenvalue weighted by Gasteiger charge is -2.21. The summed E-state index contributed by atoms with van der Waals surface area (Å²) in [5.74, 6) is -0.932. The van der Waals surface area contributed by atoms with Gasteiger partial charge >= 0.3 is 5.97 Å². The van der Waals surface area contributed by atoms with E-state index >= 15 is 0 Å². The Kier molecular flexibility index (Phi) is 5.05. The molecular formula is C21H24O2. The molecule has 0 bridgehead atoms. The van der Waals surface area contributed by atoms with E-state index in [9.17, 15) is 9.90 Å². The molecule has 0 saturated heterocycles. The van der Waals surface area contributed by atoms with Crippen LogP contribution < -0.4 is 0 Å². The van der Waals surface area contributed by atoms with E-state index in [1.807, 2.05) is 36.4 Å². The number of carbonyl (C=O) groups is 1. The van der Waals surface area contributed by atoms with E-state index in [0.717, 1.165) is 11.1 Å². The van der Waals surface area contributed by atoms with Crippen LogP contribution in [0.3, 0.4) is 0 Å². The third-order valence-corrected chi connectivity index (χ3v) is 4.05. The molecule has 1 unspecified atom stereocenters. The molecule has 0 heterocycles. The predicted octanol–water partition coefficient (Wildman–Crippen LogP) is 5.15. The third kappa shape index (κ3) is 4.32. The summed E-state index contributed by atoms with van der Waals surface area (Å²) in [7, 11) is 0. The van der Waals surface area contributed by atoms with Crippen LogP contribution in [0.1, 0.15) is 50.3 Å². The van der Waals surface area contributed by atoms with Crippen molar-refractivity contribution in [3.8, 4) is 0 Å². The van der Waals surface area contributed by atoms with Crippen LogP contribution in [-0.4, -0.2) is 11.1 Å². The molecule has 2 rings (SSSR count). The van der Waals surface area contributed by atoms with Crippen LogP contribution >= 0.6 is 0 Å². The van der Waals surface area contributed by atoms with Crippen molar-refractivity contribution in [2.45, 2.75) is 39.0 Å². The summed E-state index contributed by atoms with van der Waals surface area (Å²) in [6, 6.07) is 18.5. The summed E-state index contributed by atoms with van der Waals surface area (Å²) in [6.45, 7) is 8.20. The minimum absolute atomic E-state index is 0.0543. The summed E-state index contributed by atoms with van der Waals surface area (Å²) in [5.41, 5.74) is 3.93. The maximum absolute atomic E-state index is 11.2. The van der Waals surface area contributed by atoms with Gasteiger partial charge in [0.15, 0.2) is 0 Å². The maximum atomic E-state index is 11.2. The highest BCUT2D eigenvalue weighted by molar-refractivity contribution is 5.86. The Bertz CT molecular complexity index is 689. The van der Waals surface area contributed by atoms with Crippen molar-refractivity contribution in [2.75, 3.05) is 0 Å². The van der Waals surface area contributed by atoms with Crippen molar-refractivity contribution in [1.82, 2.24) is 0 Å². The molecule has 0 aromatic heterocycles. The summed E-state index contributed by atoms with van der Waals surface area (Å²) in [6.07, 6.45) is 1.82. The fourth-order valence-electron chi connectivity index (χ4n) is 2.56. The van der Waals surface area contributed by atoms with E-state index in [1.54, 1.807) is 6.92 Å². The zero-order valence-electron chi connectivity index (χ0n) is 14.2. The normalized spacial score (nSPS) is 13.7. The number of allylic oxidation sites excluding steroid dienone is 1. The maximum Gasteiger partial charge on any atom is 0.330 e. The summed E-state index contributed by atoms with van der Waals surface area (Å²) < 4.78 is 0. The van der Waals surface area contributed by atoms with Gasteiger partial charge in [-0.25, -0.2) is 4.79 Å². The molecule has 0 aliphatic carbocycles. The molecule has 0 radical (unpaired) electrons. The molecular weight excluding hydrogens is 284 g/mol. The zero-order chi connectivity index (χ0) is 17.0. The van der Waals surface area contributed by atoms with Gasteiger partial charge < -0.3 is 5.11 Å². The second kappa shape index (κ2) is 6.82. The van der Waals surface area contributed by atoms with Crippen molar-refractivity contribution < 1.29 is 9.90 Å². The van der Waals surface area contributed by atoms with Gasteiger partial charge in [0, 0.05) is 11.5 Å². The van der Waals surface area contributed by atoms with Crippen LogP contribution in [0.25, 0.3) is 0 Å². The molecule has 0 aliphatic rings. The first-order chi connectivity index (χ1) is 10.8. The van der Waals surface area contributed by atoms with Crippen molar-refractivity contribution >= 4 is 5.97 Å². The van der Waals surface area contributed by atoms with Crippen LogP contribution in [0, 0.1) is 0 Å². The third-order valence-electron chi connectivity index (χ3n) is 4.05. The highest BCUT2D eigenvalue weighted by Crippen LogP contribution is 2.30. The Labute approximate surface area is 138 Å². The van der Waals surface area contributed by atoms with Gasteiger partial charge in [-0.15, -0.1) is 0 Å². The molecule has 0 aliphatic heterocycles. The molecule has 2 heteroatoms. The molecule has 0 spiro atoms. The minimum atomic E-state index is -0.878. The summed E-state index contributed by atoms with van der Waals surface area (Å²) in [5, 5.41) is 9.21. The largest absolute Gasteiger partial charge is 0.478 e. The van der Waals surface area contributed by atoms with Crippen LogP contribution in [-0.2, 0) is 10.2 Å². The topological polar surface area (TPSA) is 37.3 Å². The second-order valence-electron chi connectivity index (χ2n) is 6.92. The van der Waals surface area contributed by atoms with Gasteiger partial charge in [0.2, 0.25) is 0 Å². The van der Waals surface area contributed by atoms with Gasteiger partial charge in [0.1, 0.15) is 0 Å². The van der Waals surface area contributed by atoms with Crippen molar-refractivity contribution in [1.29, 1.82) is 0 Å². The van der Waals surface area contributed by atoms with E-state index < -0.39 is 5.97 Å². The number of aliphatic carboxylic acids is 1. The molecule has 23 heavy (non-hydrogen) atoms. The van der Waals surface area contributed by atoms with Gasteiger partial charge in [-0.1, -0.05) is 81.4 Å². The molecule has 2 aromatic rings. The lowest BCUT2D eigenvalue weighted by molar-refractivity contribution is -0.132. The molecule has 120 valence electrons. The summed E-state index contributed by atoms with van der Waals surface area (Å²) >= 11 is 0. The SMILES string of the molecule is C/C(=C\C(c1ccccc1)c1ccc(C(C)(C)C)cc1)C(=O)O. The Morgan fingerprint density at radius 1 is 0.957 bits per heavy atom. The number of benzene rings is 2. The van der Waals surface area contributed by atoms with Gasteiger partial charge in [-0.2, -0.15) is 0 Å². The fourth-order valence-corrected chi connectivity index (χ4v) is 2.56. The molecule has 1 atom stereocenters. The average molecular weight is 308 g/mol. The first-order valence-electron chi connectivity index (χ1n) is 7.86. The first-order valence-corrected chi connectivity index (χ1v) is 7.86. The van der Waals surface area contributed by atoms with E-state index in [0.29, 0.717) is 5.57 Å². The number of carboxylic acids is 1. The molecule has 0 saturated carbocycles. The second-order valence-corrected chi connectivity index (χ2v) is 6.92. The zero-order valence-corrected chi connectivity index (χ0v) is 14.2. The number of hydrogen-bond donors (Lipinski definition) is 1. The molecule has 2 nitrogen and oxygen atoms in total. The Morgan fingerprint density at radius 3 is 1.96 bits per heavy atom. The Morgan fingerprint density at radius 2 is 1.48 bits per heavy atom. The van der Waals surface area contributed by atoms with Gasteiger partial charge in [0.25, 0.3) is 0 Å². The van der Waals surface area contributed by atoms with Crippen LogP contribution in [0.5, 0.6) is 0 Å². The number of carboxylic acid groups (broad SMARTS) is 1. The molecule has 0 amide bonds. The quantitative estimate of drug-likeness (QED) is 0.793. The van der Waals surface area contributed by atoms with Gasteiger partial charge in [0.05, 0.1) is 0 Å². The van der Waals surface area contributed by atoms with Crippen molar-refractivity contribution in [3.63, 3.8) is 0 Å².